The molecule has 0 aliphatic rings. The standard InChI is InChI=1S/C13H13N3O2S/c1-9-7-8-13(19-9)10(2)14-15-11-5-3-4-6-12(11)16(17)18/h3-8,15H,1-2H3/b14-10-. The Kier molecular flexibility index (Phi) is 3.91. The van der Waals surface area contributed by atoms with Crippen LogP contribution in [0.3, 0.4) is 0 Å². The van der Waals surface area contributed by atoms with Crippen LogP contribution < -0.4 is 5.43 Å². The number of hydrazone groups is 1. The van der Waals surface area contributed by atoms with Crippen LogP contribution in [0.5, 0.6) is 0 Å². The van der Waals surface area contributed by atoms with Crippen LogP contribution in [0, 0.1) is 17.0 Å². The van der Waals surface area contributed by atoms with Crippen molar-refractivity contribution in [2.45, 2.75) is 13.8 Å². The van der Waals surface area contributed by atoms with Gasteiger partial charge in [-0.2, -0.15) is 5.10 Å². The predicted molar refractivity (Wildman–Crippen MR) is 78.0 cm³/mol. The molecular weight excluding hydrogens is 262 g/mol. The molecule has 6 heteroatoms. The maximum Gasteiger partial charge on any atom is 0.294 e. The van der Waals surface area contributed by atoms with Crippen LogP contribution in [0.4, 0.5) is 11.4 Å². The number of hydrogen-bond donors (Lipinski definition) is 1. The van der Waals surface area contributed by atoms with E-state index in [1.807, 2.05) is 26.0 Å². The molecule has 5 nitrogen and oxygen atoms in total. The van der Waals surface area contributed by atoms with Gasteiger partial charge < -0.3 is 0 Å². The minimum atomic E-state index is -0.428. The highest BCUT2D eigenvalue weighted by molar-refractivity contribution is 7.14. The Morgan fingerprint density at radius 2 is 2.05 bits per heavy atom. The Morgan fingerprint density at radius 1 is 1.32 bits per heavy atom. The van der Waals surface area contributed by atoms with Crippen LogP contribution in [-0.2, 0) is 0 Å². The summed E-state index contributed by atoms with van der Waals surface area (Å²) in [7, 11) is 0. The lowest BCUT2D eigenvalue weighted by Crippen LogP contribution is -2.00. The van der Waals surface area contributed by atoms with Gasteiger partial charge in [-0.3, -0.25) is 15.5 Å². The Balaban J connectivity index is 2.20. The van der Waals surface area contributed by atoms with Crippen LogP contribution in [0.25, 0.3) is 0 Å². The monoisotopic (exact) mass is 275 g/mol. The van der Waals surface area contributed by atoms with Crippen molar-refractivity contribution in [2.24, 2.45) is 5.10 Å². The molecule has 1 aromatic heterocycles. The van der Waals surface area contributed by atoms with Crippen LogP contribution in [0.15, 0.2) is 41.5 Å². The van der Waals surface area contributed by atoms with Crippen LogP contribution in [0.2, 0.25) is 0 Å². The van der Waals surface area contributed by atoms with E-state index in [2.05, 4.69) is 10.5 Å². The molecule has 0 aliphatic heterocycles. The van der Waals surface area contributed by atoms with Crippen LogP contribution >= 0.6 is 11.3 Å². The van der Waals surface area contributed by atoms with E-state index < -0.39 is 4.92 Å². The predicted octanol–water partition coefficient (Wildman–Crippen LogP) is 3.80. The second-order valence-corrected chi connectivity index (χ2v) is 5.28. The lowest BCUT2D eigenvalue weighted by atomic mass is 10.3. The van der Waals surface area contributed by atoms with E-state index >= 15 is 0 Å². The van der Waals surface area contributed by atoms with E-state index in [1.165, 1.54) is 10.9 Å². The first-order chi connectivity index (χ1) is 9.08. The van der Waals surface area contributed by atoms with Crippen molar-refractivity contribution in [1.82, 2.24) is 0 Å². The molecule has 98 valence electrons. The number of aryl methyl sites for hydroxylation is 1. The number of benzene rings is 1. The van der Waals surface area contributed by atoms with E-state index in [9.17, 15) is 10.1 Å². The summed E-state index contributed by atoms with van der Waals surface area (Å²) >= 11 is 1.64. The van der Waals surface area contributed by atoms with Crippen molar-refractivity contribution in [3.63, 3.8) is 0 Å². The molecule has 0 bridgehead atoms. The van der Waals surface area contributed by atoms with Crippen molar-refractivity contribution >= 4 is 28.4 Å². The van der Waals surface area contributed by atoms with E-state index in [-0.39, 0.29) is 5.69 Å². The van der Waals surface area contributed by atoms with Crippen molar-refractivity contribution in [3.05, 3.63) is 56.3 Å². The normalized spacial score (nSPS) is 11.4. The first-order valence-electron chi connectivity index (χ1n) is 5.68. The number of hydrogen-bond acceptors (Lipinski definition) is 5. The summed E-state index contributed by atoms with van der Waals surface area (Å²) in [5, 5.41) is 15.1. The molecule has 1 heterocycles. The van der Waals surface area contributed by atoms with Gasteiger partial charge in [0.2, 0.25) is 0 Å². The second-order valence-electron chi connectivity index (χ2n) is 3.99. The summed E-state index contributed by atoms with van der Waals surface area (Å²) in [5.74, 6) is 0. The largest absolute Gasteiger partial charge is 0.294 e. The molecule has 0 saturated carbocycles. The zero-order chi connectivity index (χ0) is 13.8. The number of nitro benzene ring substituents is 1. The summed E-state index contributed by atoms with van der Waals surface area (Å²) in [5.41, 5.74) is 3.96. The van der Waals surface area contributed by atoms with Crippen molar-refractivity contribution in [1.29, 1.82) is 0 Å². The molecule has 0 fully saturated rings. The van der Waals surface area contributed by atoms with Gasteiger partial charge in [-0.1, -0.05) is 12.1 Å². The minimum Gasteiger partial charge on any atom is -0.271 e. The number of anilines is 1. The van der Waals surface area contributed by atoms with Crippen molar-refractivity contribution < 1.29 is 4.92 Å². The molecule has 0 saturated heterocycles. The SMILES string of the molecule is C/C(=N/Nc1ccccc1[N+](=O)[O-])c1ccc(C)s1. The van der Waals surface area contributed by atoms with Gasteiger partial charge in [0.25, 0.3) is 5.69 Å². The fourth-order valence-corrected chi connectivity index (χ4v) is 2.37. The third-order valence-corrected chi connectivity index (χ3v) is 3.65. The average molecular weight is 275 g/mol. The molecule has 0 amide bonds. The molecule has 1 aromatic carbocycles. The first-order valence-corrected chi connectivity index (χ1v) is 6.50. The Hall–Kier alpha value is -2.21. The summed E-state index contributed by atoms with van der Waals surface area (Å²) in [4.78, 5) is 12.7. The third kappa shape index (κ3) is 3.17. The van der Waals surface area contributed by atoms with Crippen molar-refractivity contribution in [2.75, 3.05) is 5.43 Å². The van der Waals surface area contributed by atoms with Crippen LogP contribution in [-0.4, -0.2) is 10.6 Å². The highest BCUT2D eigenvalue weighted by Gasteiger charge is 2.11. The van der Waals surface area contributed by atoms with E-state index in [0.29, 0.717) is 5.69 Å². The molecule has 2 aromatic rings. The van der Waals surface area contributed by atoms with Gasteiger partial charge >= 0.3 is 0 Å². The molecule has 1 N–H and O–H groups in total. The fourth-order valence-electron chi connectivity index (χ4n) is 1.56. The van der Waals surface area contributed by atoms with E-state index in [0.717, 1.165) is 10.6 Å². The zero-order valence-electron chi connectivity index (χ0n) is 10.6. The second kappa shape index (κ2) is 5.62. The van der Waals surface area contributed by atoms with Gasteiger partial charge in [-0.05, 0) is 32.0 Å². The zero-order valence-corrected chi connectivity index (χ0v) is 11.4. The summed E-state index contributed by atoms with van der Waals surface area (Å²) in [6.45, 7) is 3.89. The number of rotatable bonds is 4. The molecule has 0 radical (unpaired) electrons. The fraction of sp³-hybridized carbons (Fsp3) is 0.154. The molecule has 0 spiro atoms. The number of nitrogens with zero attached hydrogens (tertiary/aromatic N) is 2. The number of nitro groups is 1. The van der Waals surface area contributed by atoms with Gasteiger partial charge in [-0.15, -0.1) is 11.3 Å². The van der Waals surface area contributed by atoms with E-state index in [4.69, 9.17) is 0 Å². The molecule has 2 rings (SSSR count). The summed E-state index contributed by atoms with van der Waals surface area (Å²) in [6, 6.07) is 10.4. The summed E-state index contributed by atoms with van der Waals surface area (Å²) < 4.78 is 0. The Labute approximate surface area is 114 Å². The lowest BCUT2D eigenvalue weighted by Gasteiger charge is -2.02. The Morgan fingerprint density at radius 3 is 2.68 bits per heavy atom. The van der Waals surface area contributed by atoms with Gasteiger partial charge in [-0.25, -0.2) is 0 Å². The minimum absolute atomic E-state index is 0.0152. The van der Waals surface area contributed by atoms with Crippen LogP contribution in [0.1, 0.15) is 16.7 Å². The molecule has 0 aliphatic carbocycles. The maximum atomic E-state index is 10.9. The lowest BCUT2D eigenvalue weighted by molar-refractivity contribution is -0.384. The molecule has 0 atom stereocenters. The van der Waals surface area contributed by atoms with Gasteiger partial charge in [0, 0.05) is 10.9 Å². The average Bonchev–Trinajstić information content (AvgIpc) is 2.83. The summed E-state index contributed by atoms with van der Waals surface area (Å²) in [6.07, 6.45) is 0. The quantitative estimate of drug-likeness (QED) is 0.524. The van der Waals surface area contributed by atoms with Gasteiger partial charge in [0.05, 0.1) is 15.5 Å². The molecule has 0 unspecified atom stereocenters. The number of nitrogens with one attached hydrogen (secondary N) is 1. The van der Waals surface area contributed by atoms with Gasteiger partial charge in [0.15, 0.2) is 0 Å². The maximum absolute atomic E-state index is 10.9. The van der Waals surface area contributed by atoms with Crippen molar-refractivity contribution in [3.8, 4) is 0 Å². The Bertz CT molecular complexity index is 634. The smallest absolute Gasteiger partial charge is 0.271 e. The van der Waals surface area contributed by atoms with E-state index in [1.54, 1.807) is 29.5 Å². The first kappa shape index (κ1) is 13.2. The highest BCUT2D eigenvalue weighted by Crippen LogP contribution is 2.23. The highest BCUT2D eigenvalue weighted by atomic mass is 32.1. The topological polar surface area (TPSA) is 67.5 Å². The third-order valence-electron chi connectivity index (χ3n) is 2.54. The number of thiophene rings is 1. The number of para-hydroxylation sites is 2. The van der Waals surface area contributed by atoms with Gasteiger partial charge in [0.1, 0.15) is 5.69 Å². The molecular formula is C13H13N3O2S. The molecule has 19 heavy (non-hydrogen) atoms.